The number of aromatic nitrogens is 2. The van der Waals surface area contributed by atoms with Crippen LogP contribution in [0.3, 0.4) is 0 Å². The van der Waals surface area contributed by atoms with Gasteiger partial charge in [0.05, 0.1) is 24.3 Å². The van der Waals surface area contributed by atoms with E-state index in [1.807, 2.05) is 0 Å². The predicted molar refractivity (Wildman–Crippen MR) is 141 cm³/mol. The zero-order chi connectivity index (χ0) is 32.5. The van der Waals surface area contributed by atoms with Gasteiger partial charge in [-0.2, -0.15) is 13.2 Å². The number of alkyl halides is 5. The number of carboxylic acid groups (broad SMARTS) is 1. The first kappa shape index (κ1) is 33.7. The molecule has 0 bridgehead atoms. The van der Waals surface area contributed by atoms with Gasteiger partial charge in [0.15, 0.2) is 4.90 Å². The Morgan fingerprint density at radius 3 is 2.42 bits per heavy atom. The van der Waals surface area contributed by atoms with Gasteiger partial charge in [-0.25, -0.2) is 22.0 Å². The van der Waals surface area contributed by atoms with Gasteiger partial charge in [-0.15, -0.1) is 5.10 Å². The number of rotatable bonds is 11. The van der Waals surface area contributed by atoms with E-state index >= 15 is 0 Å². The van der Waals surface area contributed by atoms with E-state index in [0.717, 1.165) is 16.6 Å². The number of benzene rings is 1. The maximum atomic E-state index is 14.0. The molecule has 1 aliphatic heterocycles. The number of hydrogen-bond donors (Lipinski definition) is 2. The second-order valence-electron chi connectivity index (χ2n) is 10.7. The lowest BCUT2D eigenvalue weighted by Crippen LogP contribution is -2.46. The molecule has 0 aliphatic carbocycles. The van der Waals surface area contributed by atoms with Crippen molar-refractivity contribution in [1.82, 2.24) is 9.78 Å². The number of hydrogen-bond acceptors (Lipinski definition) is 8. The number of nitrogens with one attached hydrogen (secondary N) is 1. The number of carbonyl (C=O) groups excluding carboxylic acids is 1. The smallest absolute Gasteiger partial charge is 0.427 e. The molecule has 0 saturated heterocycles. The summed E-state index contributed by atoms with van der Waals surface area (Å²) in [6, 6.07) is 3.53. The van der Waals surface area contributed by atoms with Crippen LogP contribution in [0.15, 0.2) is 29.3 Å². The van der Waals surface area contributed by atoms with Gasteiger partial charge in [-0.1, -0.05) is 0 Å². The van der Waals surface area contributed by atoms with Crippen LogP contribution in [-0.2, 0) is 26.1 Å². The molecule has 0 spiro atoms. The summed E-state index contributed by atoms with van der Waals surface area (Å²) in [7, 11) is -4.69. The summed E-state index contributed by atoms with van der Waals surface area (Å²) in [6.07, 6.45) is -9.55. The molecule has 43 heavy (non-hydrogen) atoms. The van der Waals surface area contributed by atoms with Gasteiger partial charge in [0.2, 0.25) is 5.60 Å². The molecular formula is C25H31F5N4O8S. The summed E-state index contributed by atoms with van der Waals surface area (Å²) < 4.78 is 111. The maximum absolute atomic E-state index is 14.0. The van der Waals surface area contributed by atoms with Crippen molar-refractivity contribution < 1.29 is 59.3 Å². The van der Waals surface area contributed by atoms with Crippen LogP contribution in [-0.4, -0.2) is 72.8 Å². The normalized spacial score (nSPS) is 16.0. The largest absolute Gasteiger partial charge is 0.486 e. The molecule has 0 radical (unpaired) electrons. The van der Waals surface area contributed by atoms with E-state index < -0.39 is 75.7 Å². The molecule has 1 atom stereocenters. The van der Waals surface area contributed by atoms with Gasteiger partial charge >= 0.3 is 18.2 Å². The fourth-order valence-corrected chi connectivity index (χ4v) is 5.54. The minimum atomic E-state index is -4.88. The predicted octanol–water partition coefficient (Wildman–Crippen LogP) is 4.89. The van der Waals surface area contributed by atoms with Crippen molar-refractivity contribution in [2.45, 2.75) is 76.8 Å². The Morgan fingerprint density at radius 2 is 1.86 bits per heavy atom. The van der Waals surface area contributed by atoms with Crippen molar-refractivity contribution >= 4 is 33.5 Å². The summed E-state index contributed by atoms with van der Waals surface area (Å²) in [4.78, 5) is 23.5. The monoisotopic (exact) mass is 642 g/mol. The second kappa shape index (κ2) is 12.0. The number of aliphatic carboxylic acids is 1. The first-order valence-corrected chi connectivity index (χ1v) is 14.2. The summed E-state index contributed by atoms with van der Waals surface area (Å²) >= 11 is 0. The highest BCUT2D eigenvalue weighted by Gasteiger charge is 2.51. The van der Waals surface area contributed by atoms with Crippen LogP contribution < -0.4 is 19.1 Å². The summed E-state index contributed by atoms with van der Waals surface area (Å²) in [5, 5.41) is 15.5. The highest BCUT2D eigenvalue weighted by molar-refractivity contribution is 7.93. The molecule has 1 unspecified atom stereocenters. The third-order valence-electron chi connectivity index (χ3n) is 6.36. The lowest BCUT2D eigenvalue weighted by Gasteiger charge is -2.37. The molecule has 0 fully saturated rings. The number of nitrogens with zero attached hydrogens (tertiary/aromatic N) is 3. The number of carboxylic acids is 1. The summed E-state index contributed by atoms with van der Waals surface area (Å²) in [5.41, 5.74) is -4.57. The van der Waals surface area contributed by atoms with Gasteiger partial charge in [0, 0.05) is 18.3 Å². The Bertz CT molecular complexity index is 1460. The summed E-state index contributed by atoms with van der Waals surface area (Å²) in [6.45, 7) is 4.17. The Morgan fingerprint density at radius 1 is 1.21 bits per heavy atom. The van der Waals surface area contributed by atoms with E-state index in [1.165, 1.54) is 32.9 Å². The van der Waals surface area contributed by atoms with Crippen LogP contribution in [0.4, 0.5) is 38.1 Å². The van der Waals surface area contributed by atoms with Crippen molar-refractivity contribution in [3.63, 3.8) is 0 Å². The average molecular weight is 643 g/mol. The standard InChI is InChI=1S/C25H31F5N4O8S/c1-6-40-20-18(12-33(32-20)13-19(26)27)43(38,39)34-11-15(10-23(2,3)21(35)36)41-17-8-7-14(9-16(17)34)31-22(37)42-24(4,5)25(28,29)30/h7-9,12,15,19H,6,10-11,13H2,1-5H3,(H,31,37)(H,35,36). The first-order chi connectivity index (χ1) is 19.7. The molecule has 0 saturated carbocycles. The van der Waals surface area contributed by atoms with Crippen LogP contribution in [0.2, 0.25) is 0 Å². The van der Waals surface area contributed by atoms with E-state index in [4.69, 9.17) is 9.47 Å². The maximum Gasteiger partial charge on any atom is 0.427 e. The molecule has 1 aliphatic rings. The quantitative estimate of drug-likeness (QED) is 0.327. The molecule has 240 valence electrons. The van der Waals surface area contributed by atoms with Gasteiger partial charge in [0.1, 0.15) is 18.4 Å². The molecule has 3 rings (SSSR count). The van der Waals surface area contributed by atoms with E-state index in [9.17, 15) is 45.1 Å². The van der Waals surface area contributed by atoms with Crippen molar-refractivity contribution in [3.8, 4) is 11.6 Å². The molecule has 2 N–H and O–H groups in total. The van der Waals surface area contributed by atoms with E-state index in [0.29, 0.717) is 18.5 Å². The lowest BCUT2D eigenvalue weighted by molar-refractivity contribution is -0.242. The fourth-order valence-electron chi connectivity index (χ4n) is 3.97. The minimum absolute atomic E-state index is 0.0617. The van der Waals surface area contributed by atoms with Crippen LogP contribution in [0, 0.1) is 5.41 Å². The zero-order valence-electron chi connectivity index (χ0n) is 23.7. The number of fused-ring (bicyclic) bond motifs is 1. The number of sulfonamides is 1. The second-order valence-corrected chi connectivity index (χ2v) is 12.5. The van der Waals surface area contributed by atoms with E-state index in [1.54, 1.807) is 0 Å². The molecule has 12 nitrogen and oxygen atoms in total. The fraction of sp³-hybridized carbons (Fsp3) is 0.560. The molecular weight excluding hydrogens is 611 g/mol. The van der Waals surface area contributed by atoms with E-state index in [-0.39, 0.29) is 30.2 Å². The van der Waals surface area contributed by atoms with Crippen molar-refractivity contribution in [2.75, 3.05) is 22.8 Å². The minimum Gasteiger partial charge on any atom is -0.486 e. The first-order valence-electron chi connectivity index (χ1n) is 12.8. The van der Waals surface area contributed by atoms with E-state index in [2.05, 4.69) is 15.2 Å². The SMILES string of the molecule is CCOc1nn(CC(F)F)cc1S(=O)(=O)N1CC(CC(C)(C)C(=O)O)Oc2ccc(NC(=O)OC(C)(C)C(F)(F)F)cc21. The Kier molecular flexibility index (Phi) is 9.43. The van der Waals surface area contributed by atoms with Crippen molar-refractivity contribution in [3.05, 3.63) is 24.4 Å². The topological polar surface area (TPSA) is 149 Å². The molecule has 18 heteroatoms. The number of anilines is 2. The number of carbonyl (C=O) groups is 2. The van der Waals surface area contributed by atoms with Crippen molar-refractivity contribution in [2.24, 2.45) is 5.41 Å². The van der Waals surface area contributed by atoms with Gasteiger partial charge in [-0.05, 0) is 52.8 Å². The summed E-state index contributed by atoms with van der Waals surface area (Å²) in [5.74, 6) is -1.72. The van der Waals surface area contributed by atoms with Gasteiger partial charge in [0.25, 0.3) is 22.3 Å². The molecule has 2 heterocycles. The lowest BCUT2D eigenvalue weighted by atomic mass is 9.86. The average Bonchev–Trinajstić information content (AvgIpc) is 3.24. The number of amides is 1. The molecule has 1 aromatic carbocycles. The Labute approximate surface area is 243 Å². The Hall–Kier alpha value is -3.83. The molecule has 2 aromatic rings. The highest BCUT2D eigenvalue weighted by Crippen LogP contribution is 2.42. The van der Waals surface area contributed by atoms with Gasteiger partial charge in [-0.3, -0.25) is 19.1 Å². The van der Waals surface area contributed by atoms with Gasteiger partial charge < -0.3 is 19.3 Å². The molecule has 1 amide bonds. The number of halogens is 5. The van der Waals surface area contributed by atoms with Crippen molar-refractivity contribution in [1.29, 1.82) is 0 Å². The number of ether oxygens (including phenoxy) is 3. The third kappa shape index (κ3) is 7.58. The zero-order valence-corrected chi connectivity index (χ0v) is 24.6. The highest BCUT2D eigenvalue weighted by atomic mass is 32.2. The Balaban J connectivity index is 2.07. The third-order valence-corrected chi connectivity index (χ3v) is 8.12. The van der Waals surface area contributed by atoms with Crippen LogP contribution in [0.1, 0.15) is 41.0 Å². The van der Waals surface area contributed by atoms with Crippen LogP contribution >= 0.6 is 0 Å². The molecule has 1 aromatic heterocycles. The van der Waals surface area contributed by atoms with Crippen LogP contribution in [0.5, 0.6) is 11.6 Å². The van der Waals surface area contributed by atoms with Crippen LogP contribution in [0.25, 0.3) is 0 Å².